The summed E-state index contributed by atoms with van der Waals surface area (Å²) < 4.78 is 5.67. The first kappa shape index (κ1) is 14.5. The summed E-state index contributed by atoms with van der Waals surface area (Å²) in [6.45, 7) is 7.23. The van der Waals surface area contributed by atoms with E-state index < -0.39 is 0 Å². The van der Waals surface area contributed by atoms with Gasteiger partial charge in [0, 0.05) is 18.7 Å². The van der Waals surface area contributed by atoms with Crippen molar-refractivity contribution >= 4 is 0 Å². The molecule has 0 saturated carbocycles. The minimum atomic E-state index is 0.344. The smallest absolute Gasteiger partial charge is 0.0608 e. The molecule has 106 valence electrons. The molecule has 2 rings (SSSR count). The van der Waals surface area contributed by atoms with Gasteiger partial charge in [0.25, 0.3) is 0 Å². The lowest BCUT2D eigenvalue weighted by atomic mass is 9.89. The maximum atomic E-state index is 5.67. The lowest BCUT2D eigenvalue weighted by Crippen LogP contribution is -2.35. The molecular weight excluding hydrogens is 236 g/mol. The summed E-state index contributed by atoms with van der Waals surface area (Å²) in [5.74, 6) is 0.556. The Bertz CT molecular complexity index is 375. The molecular formula is C16H26N2O. The second kappa shape index (κ2) is 7.61. The van der Waals surface area contributed by atoms with Crippen LogP contribution in [0.15, 0.2) is 18.3 Å². The molecule has 1 aliphatic heterocycles. The van der Waals surface area contributed by atoms with Gasteiger partial charge in [0.05, 0.1) is 18.3 Å². The summed E-state index contributed by atoms with van der Waals surface area (Å²) in [4.78, 5) is 4.66. The predicted octanol–water partition coefficient (Wildman–Crippen LogP) is 3.11. The quantitative estimate of drug-likeness (QED) is 0.855. The third-order valence-corrected chi connectivity index (χ3v) is 3.88. The topological polar surface area (TPSA) is 34.2 Å². The standard InChI is InChI=1S/C16H26N2O/c1-3-9-17-16(14-8-6-11-19-12-14)15-13(4-2)7-5-10-18-15/h5,7,10,14,16-17H,3-4,6,8-9,11-12H2,1-2H3. The predicted molar refractivity (Wildman–Crippen MR) is 78.2 cm³/mol. The number of aryl methyl sites for hydroxylation is 1. The third-order valence-electron chi connectivity index (χ3n) is 3.88. The zero-order chi connectivity index (χ0) is 13.5. The fraction of sp³-hybridized carbons (Fsp3) is 0.688. The number of ether oxygens (including phenoxy) is 1. The van der Waals surface area contributed by atoms with E-state index >= 15 is 0 Å². The molecule has 0 amide bonds. The first-order valence-corrected chi connectivity index (χ1v) is 7.61. The molecule has 0 bridgehead atoms. The summed E-state index contributed by atoms with van der Waals surface area (Å²) in [6.07, 6.45) is 6.52. The van der Waals surface area contributed by atoms with Crippen LogP contribution in [0.25, 0.3) is 0 Å². The minimum Gasteiger partial charge on any atom is -0.381 e. The number of hydrogen-bond donors (Lipinski definition) is 1. The molecule has 0 aromatic carbocycles. The van der Waals surface area contributed by atoms with Gasteiger partial charge in [-0.05, 0) is 43.9 Å². The Balaban J connectivity index is 2.19. The van der Waals surface area contributed by atoms with Gasteiger partial charge in [-0.25, -0.2) is 0 Å². The molecule has 0 aliphatic carbocycles. The lowest BCUT2D eigenvalue weighted by Gasteiger charge is -2.31. The minimum absolute atomic E-state index is 0.344. The van der Waals surface area contributed by atoms with Crippen LogP contribution in [-0.4, -0.2) is 24.7 Å². The second-order valence-electron chi connectivity index (χ2n) is 5.31. The molecule has 1 aromatic rings. The molecule has 3 nitrogen and oxygen atoms in total. The van der Waals surface area contributed by atoms with Crippen LogP contribution in [0.3, 0.4) is 0 Å². The molecule has 3 heteroatoms. The van der Waals surface area contributed by atoms with Gasteiger partial charge in [-0.2, -0.15) is 0 Å². The van der Waals surface area contributed by atoms with Crippen LogP contribution < -0.4 is 5.32 Å². The molecule has 1 aliphatic rings. The number of hydrogen-bond acceptors (Lipinski definition) is 3. The van der Waals surface area contributed by atoms with Gasteiger partial charge in [-0.1, -0.05) is 19.9 Å². The van der Waals surface area contributed by atoms with E-state index in [-0.39, 0.29) is 0 Å². The highest BCUT2D eigenvalue weighted by molar-refractivity contribution is 5.23. The summed E-state index contributed by atoms with van der Waals surface area (Å²) in [6, 6.07) is 4.58. The Morgan fingerprint density at radius 1 is 1.47 bits per heavy atom. The van der Waals surface area contributed by atoms with Gasteiger partial charge in [0.1, 0.15) is 0 Å². The second-order valence-corrected chi connectivity index (χ2v) is 5.31. The first-order chi connectivity index (χ1) is 9.36. The van der Waals surface area contributed by atoms with Crippen LogP contribution in [0.5, 0.6) is 0 Å². The van der Waals surface area contributed by atoms with Crippen LogP contribution in [0, 0.1) is 5.92 Å². The van der Waals surface area contributed by atoms with Crippen LogP contribution in [-0.2, 0) is 11.2 Å². The van der Waals surface area contributed by atoms with Crippen molar-refractivity contribution in [2.75, 3.05) is 19.8 Å². The molecule has 1 N–H and O–H groups in total. The average molecular weight is 262 g/mol. The fourth-order valence-electron chi connectivity index (χ4n) is 2.84. The molecule has 19 heavy (non-hydrogen) atoms. The highest BCUT2D eigenvalue weighted by atomic mass is 16.5. The fourth-order valence-corrected chi connectivity index (χ4v) is 2.84. The maximum Gasteiger partial charge on any atom is 0.0608 e. The molecule has 2 heterocycles. The third kappa shape index (κ3) is 3.77. The van der Waals surface area contributed by atoms with E-state index in [9.17, 15) is 0 Å². The van der Waals surface area contributed by atoms with E-state index in [1.54, 1.807) is 0 Å². The lowest BCUT2D eigenvalue weighted by molar-refractivity contribution is 0.0382. The Labute approximate surface area is 116 Å². The van der Waals surface area contributed by atoms with Gasteiger partial charge in [0.15, 0.2) is 0 Å². The van der Waals surface area contributed by atoms with Crippen LogP contribution in [0.4, 0.5) is 0 Å². The molecule has 1 aromatic heterocycles. The van der Waals surface area contributed by atoms with Gasteiger partial charge in [0.2, 0.25) is 0 Å². The van der Waals surface area contributed by atoms with E-state index in [0.29, 0.717) is 12.0 Å². The molecule has 1 fully saturated rings. The van der Waals surface area contributed by atoms with Crippen LogP contribution >= 0.6 is 0 Å². The Hall–Kier alpha value is -0.930. The van der Waals surface area contributed by atoms with E-state index in [1.807, 2.05) is 12.3 Å². The molecule has 0 spiro atoms. The Morgan fingerprint density at radius 3 is 3.05 bits per heavy atom. The highest BCUT2D eigenvalue weighted by Crippen LogP contribution is 2.29. The van der Waals surface area contributed by atoms with Crippen molar-refractivity contribution in [2.45, 2.75) is 45.6 Å². The van der Waals surface area contributed by atoms with E-state index in [2.05, 4.69) is 30.2 Å². The van der Waals surface area contributed by atoms with Gasteiger partial charge >= 0.3 is 0 Å². The van der Waals surface area contributed by atoms with Crippen molar-refractivity contribution in [1.82, 2.24) is 10.3 Å². The molecule has 2 unspecified atom stereocenters. The largest absolute Gasteiger partial charge is 0.381 e. The number of nitrogens with zero attached hydrogens (tertiary/aromatic N) is 1. The average Bonchev–Trinajstić information content (AvgIpc) is 2.49. The highest BCUT2D eigenvalue weighted by Gasteiger charge is 2.27. The van der Waals surface area contributed by atoms with Crippen molar-refractivity contribution in [3.05, 3.63) is 29.6 Å². The van der Waals surface area contributed by atoms with Gasteiger partial charge in [-0.3, -0.25) is 4.98 Å². The van der Waals surface area contributed by atoms with Crippen LogP contribution in [0.1, 0.15) is 50.4 Å². The SMILES string of the molecule is CCCNC(c1ncccc1CC)C1CCCOC1. The number of pyridine rings is 1. The molecule has 2 atom stereocenters. The summed E-state index contributed by atoms with van der Waals surface area (Å²) >= 11 is 0. The van der Waals surface area contributed by atoms with Gasteiger partial charge in [-0.15, -0.1) is 0 Å². The van der Waals surface area contributed by atoms with E-state index in [1.165, 1.54) is 24.1 Å². The maximum absolute atomic E-state index is 5.67. The zero-order valence-corrected chi connectivity index (χ0v) is 12.2. The summed E-state index contributed by atoms with van der Waals surface area (Å²) in [5.41, 5.74) is 2.59. The van der Waals surface area contributed by atoms with Crippen molar-refractivity contribution in [3.63, 3.8) is 0 Å². The zero-order valence-electron chi connectivity index (χ0n) is 12.2. The monoisotopic (exact) mass is 262 g/mol. The summed E-state index contributed by atoms with van der Waals surface area (Å²) in [5, 5.41) is 3.69. The first-order valence-electron chi connectivity index (χ1n) is 7.61. The molecule has 0 radical (unpaired) electrons. The summed E-state index contributed by atoms with van der Waals surface area (Å²) in [7, 11) is 0. The normalized spacial score (nSPS) is 21.3. The molecule has 1 saturated heterocycles. The van der Waals surface area contributed by atoms with Crippen molar-refractivity contribution in [1.29, 1.82) is 0 Å². The Morgan fingerprint density at radius 2 is 2.37 bits per heavy atom. The number of rotatable bonds is 6. The number of nitrogens with one attached hydrogen (secondary N) is 1. The van der Waals surface area contributed by atoms with E-state index in [4.69, 9.17) is 4.74 Å². The van der Waals surface area contributed by atoms with E-state index in [0.717, 1.165) is 32.6 Å². The number of aromatic nitrogens is 1. The Kier molecular flexibility index (Phi) is 5.80. The van der Waals surface area contributed by atoms with Crippen molar-refractivity contribution in [3.8, 4) is 0 Å². The van der Waals surface area contributed by atoms with Crippen LogP contribution in [0.2, 0.25) is 0 Å². The van der Waals surface area contributed by atoms with Crippen molar-refractivity contribution < 1.29 is 4.74 Å². The van der Waals surface area contributed by atoms with Gasteiger partial charge < -0.3 is 10.1 Å². The van der Waals surface area contributed by atoms with Crippen molar-refractivity contribution in [2.24, 2.45) is 5.92 Å².